The van der Waals surface area contributed by atoms with Crippen LogP contribution in [0, 0.1) is 6.92 Å². The SMILES string of the molecule is CCn1nc(C)c(N)c1C(=O)N1CCCCC1C(=O)NC. The number of rotatable bonds is 3. The van der Waals surface area contributed by atoms with Crippen LogP contribution in [0.4, 0.5) is 5.69 Å². The van der Waals surface area contributed by atoms with Gasteiger partial charge in [-0.1, -0.05) is 0 Å². The van der Waals surface area contributed by atoms with E-state index >= 15 is 0 Å². The van der Waals surface area contributed by atoms with Crippen molar-refractivity contribution in [3.05, 3.63) is 11.4 Å². The van der Waals surface area contributed by atoms with Gasteiger partial charge in [0.1, 0.15) is 11.7 Å². The Labute approximate surface area is 124 Å². The molecule has 0 saturated carbocycles. The van der Waals surface area contributed by atoms with E-state index < -0.39 is 6.04 Å². The Bertz CT molecular complexity index is 552. The third-order valence-corrected chi connectivity index (χ3v) is 3.99. The normalized spacial score (nSPS) is 18.6. The molecule has 2 rings (SSSR count). The highest BCUT2D eigenvalue weighted by Crippen LogP contribution is 2.24. The van der Waals surface area contributed by atoms with Gasteiger partial charge in [-0.05, 0) is 33.1 Å². The predicted molar refractivity (Wildman–Crippen MR) is 79.8 cm³/mol. The van der Waals surface area contributed by atoms with Crippen LogP contribution in [0.15, 0.2) is 0 Å². The molecule has 0 spiro atoms. The molecule has 1 aliphatic rings. The molecule has 7 nitrogen and oxygen atoms in total. The molecule has 21 heavy (non-hydrogen) atoms. The summed E-state index contributed by atoms with van der Waals surface area (Å²) < 4.78 is 1.61. The molecule has 1 unspecified atom stereocenters. The molecule has 116 valence electrons. The third-order valence-electron chi connectivity index (χ3n) is 3.99. The number of hydrogen-bond acceptors (Lipinski definition) is 4. The first kappa shape index (κ1) is 15.3. The number of nitrogen functional groups attached to an aromatic ring is 1. The number of likely N-dealkylation sites (N-methyl/N-ethyl adjacent to an activating group) is 1. The van der Waals surface area contributed by atoms with Crippen LogP contribution < -0.4 is 11.1 Å². The molecular formula is C14H23N5O2. The smallest absolute Gasteiger partial charge is 0.274 e. The number of likely N-dealkylation sites (tertiary alicyclic amines) is 1. The second-order valence-corrected chi connectivity index (χ2v) is 5.29. The molecule has 0 bridgehead atoms. The zero-order valence-corrected chi connectivity index (χ0v) is 12.8. The number of nitrogens with one attached hydrogen (secondary N) is 1. The van der Waals surface area contributed by atoms with Crippen molar-refractivity contribution in [2.24, 2.45) is 0 Å². The lowest BCUT2D eigenvalue weighted by atomic mass is 10.0. The van der Waals surface area contributed by atoms with Gasteiger partial charge in [-0.2, -0.15) is 5.10 Å². The Morgan fingerprint density at radius 3 is 2.76 bits per heavy atom. The van der Waals surface area contributed by atoms with E-state index in [1.807, 2.05) is 6.92 Å². The van der Waals surface area contributed by atoms with Crippen molar-refractivity contribution in [1.29, 1.82) is 0 Å². The molecule has 0 aliphatic carbocycles. The largest absolute Gasteiger partial charge is 0.395 e. The molecule has 1 aromatic rings. The summed E-state index contributed by atoms with van der Waals surface area (Å²) in [6.45, 7) is 4.84. The number of piperidine rings is 1. The van der Waals surface area contributed by atoms with Gasteiger partial charge in [-0.3, -0.25) is 14.3 Å². The molecule has 3 N–H and O–H groups in total. The summed E-state index contributed by atoms with van der Waals surface area (Å²) in [4.78, 5) is 26.5. The van der Waals surface area contributed by atoms with Crippen LogP contribution in [-0.2, 0) is 11.3 Å². The van der Waals surface area contributed by atoms with Crippen LogP contribution in [0.3, 0.4) is 0 Å². The molecular weight excluding hydrogens is 270 g/mol. The lowest BCUT2D eigenvalue weighted by molar-refractivity contribution is -0.126. The number of nitrogens with zero attached hydrogens (tertiary/aromatic N) is 3. The van der Waals surface area contributed by atoms with E-state index in [1.54, 1.807) is 23.6 Å². The minimum Gasteiger partial charge on any atom is -0.395 e. The zero-order chi connectivity index (χ0) is 15.6. The second kappa shape index (κ2) is 6.15. The van der Waals surface area contributed by atoms with Crippen molar-refractivity contribution in [3.63, 3.8) is 0 Å². The van der Waals surface area contributed by atoms with E-state index in [1.165, 1.54) is 0 Å². The molecule has 0 aromatic carbocycles. The summed E-state index contributed by atoms with van der Waals surface area (Å²) in [6, 6.07) is -0.420. The van der Waals surface area contributed by atoms with Gasteiger partial charge in [-0.15, -0.1) is 0 Å². The number of carbonyl (C=O) groups excluding carboxylic acids is 2. The maximum atomic E-state index is 12.8. The second-order valence-electron chi connectivity index (χ2n) is 5.29. The van der Waals surface area contributed by atoms with E-state index in [0.29, 0.717) is 36.6 Å². The van der Waals surface area contributed by atoms with Gasteiger partial charge in [0.15, 0.2) is 0 Å². The average Bonchev–Trinajstić information content (AvgIpc) is 2.80. The van der Waals surface area contributed by atoms with E-state index in [-0.39, 0.29) is 11.8 Å². The van der Waals surface area contributed by atoms with Gasteiger partial charge in [0, 0.05) is 20.1 Å². The molecule has 1 saturated heterocycles. The molecule has 7 heteroatoms. The molecule has 1 fully saturated rings. The first-order valence-electron chi connectivity index (χ1n) is 7.36. The highest BCUT2D eigenvalue weighted by atomic mass is 16.2. The number of amides is 2. The number of aryl methyl sites for hydroxylation is 2. The van der Waals surface area contributed by atoms with Crippen LogP contribution in [0.25, 0.3) is 0 Å². The predicted octanol–water partition coefficient (Wildman–Crippen LogP) is 0.534. The Morgan fingerprint density at radius 1 is 1.43 bits per heavy atom. The van der Waals surface area contributed by atoms with Crippen LogP contribution >= 0.6 is 0 Å². The van der Waals surface area contributed by atoms with E-state index in [4.69, 9.17) is 5.73 Å². The van der Waals surface area contributed by atoms with Gasteiger partial charge < -0.3 is 16.0 Å². The summed E-state index contributed by atoms with van der Waals surface area (Å²) in [5.74, 6) is -0.329. The maximum absolute atomic E-state index is 12.8. The van der Waals surface area contributed by atoms with Gasteiger partial charge in [0.25, 0.3) is 5.91 Å². The Balaban J connectivity index is 2.35. The number of hydrogen-bond donors (Lipinski definition) is 2. The number of aromatic nitrogens is 2. The fourth-order valence-electron chi connectivity index (χ4n) is 2.80. The number of nitrogens with two attached hydrogens (primary N) is 1. The molecule has 1 aromatic heterocycles. The van der Waals surface area contributed by atoms with E-state index in [0.717, 1.165) is 12.8 Å². The first-order chi connectivity index (χ1) is 10.0. The van der Waals surface area contributed by atoms with Crippen molar-refractivity contribution >= 4 is 17.5 Å². The molecule has 0 radical (unpaired) electrons. The van der Waals surface area contributed by atoms with Gasteiger partial charge in [0.2, 0.25) is 5.91 Å². The molecule has 1 atom stereocenters. The molecule has 2 amide bonds. The third kappa shape index (κ3) is 2.72. The lowest BCUT2D eigenvalue weighted by Gasteiger charge is -2.34. The Kier molecular flexibility index (Phi) is 4.50. The van der Waals surface area contributed by atoms with Crippen LogP contribution in [-0.4, -0.2) is 46.1 Å². The number of carbonyl (C=O) groups is 2. The minimum absolute atomic E-state index is 0.124. The summed E-state index contributed by atoms with van der Waals surface area (Å²) in [6.07, 6.45) is 2.53. The van der Waals surface area contributed by atoms with Crippen molar-refractivity contribution in [2.45, 2.75) is 45.7 Å². The highest BCUT2D eigenvalue weighted by molar-refractivity contribution is 6.00. The van der Waals surface area contributed by atoms with Gasteiger partial charge >= 0.3 is 0 Å². The number of anilines is 1. The Hall–Kier alpha value is -2.05. The topological polar surface area (TPSA) is 93.2 Å². The first-order valence-corrected chi connectivity index (χ1v) is 7.36. The fraction of sp³-hybridized carbons (Fsp3) is 0.643. The van der Waals surface area contributed by atoms with Crippen molar-refractivity contribution in [3.8, 4) is 0 Å². The zero-order valence-electron chi connectivity index (χ0n) is 12.8. The lowest BCUT2D eigenvalue weighted by Crippen LogP contribution is -2.51. The fourth-order valence-corrected chi connectivity index (χ4v) is 2.80. The monoisotopic (exact) mass is 293 g/mol. The van der Waals surface area contributed by atoms with Crippen LogP contribution in [0.1, 0.15) is 42.4 Å². The van der Waals surface area contributed by atoms with Crippen molar-refractivity contribution in [1.82, 2.24) is 20.0 Å². The van der Waals surface area contributed by atoms with Gasteiger partial charge in [0.05, 0.1) is 11.4 Å². The minimum atomic E-state index is -0.420. The Morgan fingerprint density at radius 2 is 2.14 bits per heavy atom. The van der Waals surface area contributed by atoms with Crippen molar-refractivity contribution < 1.29 is 9.59 Å². The summed E-state index contributed by atoms with van der Waals surface area (Å²) in [5.41, 5.74) is 7.46. The molecule has 1 aliphatic heterocycles. The van der Waals surface area contributed by atoms with E-state index in [2.05, 4.69) is 10.4 Å². The maximum Gasteiger partial charge on any atom is 0.274 e. The van der Waals surface area contributed by atoms with Crippen LogP contribution in [0.5, 0.6) is 0 Å². The quantitative estimate of drug-likeness (QED) is 0.850. The van der Waals surface area contributed by atoms with Crippen molar-refractivity contribution in [2.75, 3.05) is 19.3 Å². The summed E-state index contributed by atoms with van der Waals surface area (Å²) >= 11 is 0. The molecule has 2 heterocycles. The van der Waals surface area contributed by atoms with E-state index in [9.17, 15) is 9.59 Å². The highest BCUT2D eigenvalue weighted by Gasteiger charge is 2.34. The van der Waals surface area contributed by atoms with Gasteiger partial charge in [-0.25, -0.2) is 0 Å². The van der Waals surface area contributed by atoms with Crippen LogP contribution in [0.2, 0.25) is 0 Å². The summed E-state index contributed by atoms with van der Waals surface area (Å²) in [5, 5.41) is 6.91. The standard InChI is InChI=1S/C14H23N5O2/c1-4-19-12(11(15)9(2)17-19)14(21)18-8-6-5-7-10(18)13(20)16-3/h10H,4-8,15H2,1-3H3,(H,16,20). The average molecular weight is 293 g/mol. The summed E-state index contributed by atoms with van der Waals surface area (Å²) in [7, 11) is 1.59.